The molecule has 2 unspecified atom stereocenters. The van der Waals surface area contributed by atoms with Gasteiger partial charge in [0.1, 0.15) is 0 Å². The lowest BCUT2D eigenvalue weighted by molar-refractivity contribution is 0.0209. The van der Waals surface area contributed by atoms with Crippen molar-refractivity contribution in [3.05, 3.63) is 6.92 Å². The Labute approximate surface area is 55.5 Å². The van der Waals surface area contributed by atoms with Crippen molar-refractivity contribution in [3.8, 4) is 0 Å². The van der Waals surface area contributed by atoms with E-state index in [0.29, 0.717) is 12.8 Å². The molecule has 0 aliphatic heterocycles. The van der Waals surface area contributed by atoms with Crippen LogP contribution in [0, 0.1) is 6.92 Å². The Hall–Kier alpha value is -0.120. The molecule has 4 N–H and O–H groups in total. The van der Waals surface area contributed by atoms with Crippen LogP contribution in [0.5, 0.6) is 0 Å². The average molecular weight is 132 g/mol. The molecule has 0 bridgehead atoms. The minimum absolute atomic E-state index is 0.112. The van der Waals surface area contributed by atoms with Crippen molar-refractivity contribution in [1.82, 2.24) is 0 Å². The second kappa shape index (κ2) is 4.73. The highest BCUT2D eigenvalue weighted by atomic mass is 16.3. The molecule has 0 heterocycles. The Bertz CT molecular complexity index is 68.1. The van der Waals surface area contributed by atoms with Gasteiger partial charge in [-0.3, -0.25) is 0 Å². The first-order valence-corrected chi connectivity index (χ1v) is 3.07. The summed E-state index contributed by atoms with van der Waals surface area (Å²) in [4.78, 5) is 0. The van der Waals surface area contributed by atoms with Gasteiger partial charge < -0.3 is 15.9 Å². The van der Waals surface area contributed by atoms with Crippen molar-refractivity contribution in [1.29, 1.82) is 0 Å². The summed E-state index contributed by atoms with van der Waals surface area (Å²) in [5.41, 5.74) is 5.07. The van der Waals surface area contributed by atoms with Crippen molar-refractivity contribution in [2.24, 2.45) is 5.73 Å². The second-order valence-corrected chi connectivity index (χ2v) is 2.01. The number of aliphatic hydroxyl groups is 2. The van der Waals surface area contributed by atoms with E-state index in [4.69, 9.17) is 15.9 Å². The van der Waals surface area contributed by atoms with Crippen LogP contribution in [0.25, 0.3) is 0 Å². The molecule has 0 fully saturated rings. The molecule has 0 aliphatic rings. The first-order chi connectivity index (χ1) is 4.22. The van der Waals surface area contributed by atoms with Crippen LogP contribution in [0.2, 0.25) is 0 Å². The van der Waals surface area contributed by atoms with Crippen molar-refractivity contribution < 1.29 is 10.2 Å². The number of nitrogens with two attached hydrogens (primary N) is 1. The quantitative estimate of drug-likeness (QED) is 0.473. The lowest BCUT2D eigenvalue weighted by Gasteiger charge is -2.13. The minimum atomic E-state index is -0.785. The van der Waals surface area contributed by atoms with Gasteiger partial charge in [0, 0.05) is 6.54 Å². The molecule has 0 saturated heterocycles. The van der Waals surface area contributed by atoms with Gasteiger partial charge >= 0.3 is 0 Å². The first-order valence-electron chi connectivity index (χ1n) is 3.07. The molecule has 0 rings (SSSR count). The molecule has 9 heavy (non-hydrogen) atoms. The average Bonchev–Trinajstić information content (AvgIpc) is 1.87. The molecule has 2 atom stereocenters. The molecular weight excluding hydrogens is 118 g/mol. The van der Waals surface area contributed by atoms with Crippen molar-refractivity contribution in [2.45, 2.75) is 25.0 Å². The van der Waals surface area contributed by atoms with Crippen LogP contribution in [0.15, 0.2) is 0 Å². The minimum Gasteiger partial charge on any atom is -0.390 e. The van der Waals surface area contributed by atoms with Crippen LogP contribution < -0.4 is 5.73 Å². The summed E-state index contributed by atoms with van der Waals surface area (Å²) in [6, 6.07) is 0. The summed E-state index contributed by atoms with van der Waals surface area (Å²) in [5.74, 6) is 0. The number of hydrogen-bond acceptors (Lipinski definition) is 3. The van der Waals surface area contributed by atoms with E-state index in [9.17, 15) is 0 Å². The molecule has 0 aromatic carbocycles. The van der Waals surface area contributed by atoms with E-state index < -0.39 is 12.2 Å². The van der Waals surface area contributed by atoms with E-state index in [-0.39, 0.29) is 6.54 Å². The topological polar surface area (TPSA) is 66.5 Å². The standard InChI is InChI=1S/C6H14NO2/c1-2-3-5(8)6(9)4-7/h5-6,8-9H,1-4,7H2. The highest BCUT2D eigenvalue weighted by Crippen LogP contribution is 1.99. The van der Waals surface area contributed by atoms with Crippen LogP contribution in [-0.2, 0) is 0 Å². The van der Waals surface area contributed by atoms with Gasteiger partial charge in [0.2, 0.25) is 0 Å². The fraction of sp³-hybridized carbons (Fsp3) is 0.833. The predicted octanol–water partition coefficient (Wildman–Crippen LogP) is -0.719. The third kappa shape index (κ3) is 3.46. The van der Waals surface area contributed by atoms with Crippen molar-refractivity contribution in [3.63, 3.8) is 0 Å². The molecule has 0 amide bonds. The Morgan fingerprint density at radius 1 is 1.33 bits per heavy atom. The molecule has 0 saturated carbocycles. The first kappa shape index (κ1) is 8.88. The fourth-order valence-corrected chi connectivity index (χ4v) is 0.559. The summed E-state index contributed by atoms with van der Waals surface area (Å²) < 4.78 is 0. The normalized spacial score (nSPS) is 17.3. The maximum Gasteiger partial charge on any atom is 0.0920 e. The van der Waals surface area contributed by atoms with Crippen LogP contribution in [0.3, 0.4) is 0 Å². The highest BCUT2D eigenvalue weighted by molar-refractivity contribution is 4.67. The molecule has 0 spiro atoms. The van der Waals surface area contributed by atoms with Gasteiger partial charge in [-0.1, -0.05) is 13.3 Å². The maximum absolute atomic E-state index is 8.95. The van der Waals surface area contributed by atoms with Crippen molar-refractivity contribution in [2.75, 3.05) is 6.54 Å². The van der Waals surface area contributed by atoms with E-state index in [1.165, 1.54) is 0 Å². The van der Waals surface area contributed by atoms with Gasteiger partial charge in [-0.2, -0.15) is 0 Å². The Morgan fingerprint density at radius 2 is 1.89 bits per heavy atom. The highest BCUT2D eigenvalue weighted by Gasteiger charge is 2.11. The largest absolute Gasteiger partial charge is 0.390 e. The maximum atomic E-state index is 8.95. The second-order valence-electron chi connectivity index (χ2n) is 2.01. The van der Waals surface area contributed by atoms with Crippen LogP contribution >= 0.6 is 0 Å². The van der Waals surface area contributed by atoms with E-state index in [2.05, 4.69) is 6.92 Å². The predicted molar refractivity (Wildman–Crippen MR) is 35.7 cm³/mol. The molecule has 3 heteroatoms. The lowest BCUT2D eigenvalue weighted by Crippen LogP contribution is -2.32. The van der Waals surface area contributed by atoms with E-state index >= 15 is 0 Å². The molecule has 55 valence electrons. The summed E-state index contributed by atoms with van der Waals surface area (Å²) in [7, 11) is 0. The summed E-state index contributed by atoms with van der Waals surface area (Å²) >= 11 is 0. The number of aliphatic hydroxyl groups excluding tert-OH is 2. The van der Waals surface area contributed by atoms with Crippen molar-refractivity contribution >= 4 is 0 Å². The molecule has 0 aliphatic carbocycles. The van der Waals surface area contributed by atoms with Crippen LogP contribution in [-0.4, -0.2) is 29.0 Å². The number of hydrogen-bond donors (Lipinski definition) is 3. The smallest absolute Gasteiger partial charge is 0.0920 e. The SMILES string of the molecule is [CH2]CCC(O)C(O)CN. The van der Waals surface area contributed by atoms with Gasteiger partial charge in [-0.25, -0.2) is 0 Å². The van der Waals surface area contributed by atoms with Gasteiger partial charge in [0.05, 0.1) is 12.2 Å². The summed E-state index contributed by atoms with van der Waals surface area (Å²) in [6.45, 7) is 3.64. The fourth-order valence-electron chi connectivity index (χ4n) is 0.559. The Morgan fingerprint density at radius 3 is 2.22 bits per heavy atom. The van der Waals surface area contributed by atoms with Crippen LogP contribution in [0.4, 0.5) is 0 Å². The molecule has 0 aromatic rings. The molecule has 1 radical (unpaired) electrons. The van der Waals surface area contributed by atoms with Gasteiger partial charge in [-0.05, 0) is 6.42 Å². The van der Waals surface area contributed by atoms with Gasteiger partial charge in [0.25, 0.3) is 0 Å². The summed E-state index contributed by atoms with van der Waals surface area (Å²) in [6.07, 6.45) is -0.351. The van der Waals surface area contributed by atoms with Crippen LogP contribution in [0.1, 0.15) is 12.8 Å². The Kier molecular flexibility index (Phi) is 4.67. The molecule has 0 aromatic heterocycles. The third-order valence-corrected chi connectivity index (χ3v) is 1.19. The Balaban J connectivity index is 3.32. The van der Waals surface area contributed by atoms with E-state index in [1.54, 1.807) is 0 Å². The molecule has 3 nitrogen and oxygen atoms in total. The summed E-state index contributed by atoms with van der Waals surface area (Å²) in [5, 5.41) is 17.8. The zero-order valence-electron chi connectivity index (χ0n) is 5.45. The third-order valence-electron chi connectivity index (χ3n) is 1.19. The number of rotatable bonds is 4. The lowest BCUT2D eigenvalue weighted by atomic mass is 10.1. The van der Waals surface area contributed by atoms with E-state index in [0.717, 1.165) is 0 Å². The van der Waals surface area contributed by atoms with Gasteiger partial charge in [-0.15, -0.1) is 0 Å². The molecular formula is C6H14NO2. The van der Waals surface area contributed by atoms with Gasteiger partial charge in [0.15, 0.2) is 0 Å². The zero-order chi connectivity index (χ0) is 7.28. The monoisotopic (exact) mass is 132 g/mol. The van der Waals surface area contributed by atoms with E-state index in [1.807, 2.05) is 0 Å². The zero-order valence-corrected chi connectivity index (χ0v) is 5.45.